The summed E-state index contributed by atoms with van der Waals surface area (Å²) in [4.78, 5) is 9.54. The Balaban J connectivity index is 3.33. The van der Waals surface area contributed by atoms with Crippen LogP contribution in [0.15, 0.2) is 0 Å². The molecule has 0 fully saturated rings. The van der Waals surface area contributed by atoms with Crippen molar-refractivity contribution >= 4 is 6.29 Å². The van der Waals surface area contributed by atoms with Gasteiger partial charge in [0, 0.05) is 0 Å². The van der Waals surface area contributed by atoms with Gasteiger partial charge in [-0.05, 0) is 6.92 Å². The summed E-state index contributed by atoms with van der Waals surface area (Å²) < 4.78 is 0. The van der Waals surface area contributed by atoms with Crippen molar-refractivity contribution < 1.29 is 15.0 Å². The topological polar surface area (TPSA) is 57.5 Å². The Hall–Kier alpha value is -0.410. The molecule has 0 aromatic rings. The molecule has 0 saturated carbocycles. The minimum absolute atomic E-state index is 0.296. The van der Waals surface area contributed by atoms with E-state index in [1.807, 2.05) is 0 Å². The molecule has 0 aliphatic heterocycles. The van der Waals surface area contributed by atoms with E-state index in [0.717, 1.165) is 0 Å². The number of rotatable bonds is 2. The molecule has 3 nitrogen and oxygen atoms in total. The van der Waals surface area contributed by atoms with E-state index >= 15 is 0 Å². The molecule has 0 aromatic carbocycles. The molecular weight excluding hydrogens is 96.0 g/mol. The summed E-state index contributed by atoms with van der Waals surface area (Å²) in [5.41, 5.74) is 0. The van der Waals surface area contributed by atoms with Crippen LogP contribution in [0.4, 0.5) is 0 Å². The Morgan fingerprint density at radius 2 is 2.00 bits per heavy atom. The first-order chi connectivity index (χ1) is 3.18. The van der Waals surface area contributed by atoms with Crippen molar-refractivity contribution in [2.45, 2.75) is 19.1 Å². The lowest BCUT2D eigenvalue weighted by Crippen LogP contribution is -2.23. The number of aldehydes is 1. The predicted molar refractivity (Wildman–Crippen MR) is 23.8 cm³/mol. The molecule has 0 spiro atoms. The van der Waals surface area contributed by atoms with Gasteiger partial charge in [0.15, 0.2) is 6.29 Å². The maximum Gasteiger partial charge on any atom is 0.151 e. The van der Waals surface area contributed by atoms with Gasteiger partial charge in [-0.1, -0.05) is 0 Å². The lowest BCUT2D eigenvalue weighted by molar-refractivity contribution is -0.119. The van der Waals surface area contributed by atoms with Crippen LogP contribution in [0.1, 0.15) is 6.92 Å². The summed E-state index contributed by atoms with van der Waals surface area (Å²) in [5, 5.41) is 16.7. The molecule has 0 saturated heterocycles. The molecular formula is C4H8O3. The Bertz CT molecular complexity index is 60.0. The Morgan fingerprint density at radius 3 is 2.00 bits per heavy atom. The van der Waals surface area contributed by atoms with E-state index in [2.05, 4.69) is 0 Å². The summed E-state index contributed by atoms with van der Waals surface area (Å²) in [6, 6.07) is 0. The molecule has 2 atom stereocenters. The zero-order valence-electron chi connectivity index (χ0n) is 4.03. The minimum atomic E-state index is -1.22. The van der Waals surface area contributed by atoms with Crippen LogP contribution in [-0.2, 0) is 4.79 Å². The fraction of sp³-hybridized carbons (Fsp3) is 0.750. The Labute approximate surface area is 41.6 Å². The average molecular weight is 104 g/mol. The van der Waals surface area contributed by atoms with Crippen LogP contribution < -0.4 is 0 Å². The lowest BCUT2D eigenvalue weighted by Gasteiger charge is -2.02. The second-order valence-corrected chi connectivity index (χ2v) is 1.37. The van der Waals surface area contributed by atoms with Crippen molar-refractivity contribution in [1.29, 1.82) is 0 Å². The molecule has 42 valence electrons. The quantitative estimate of drug-likeness (QED) is 0.438. The van der Waals surface area contributed by atoms with Gasteiger partial charge in [-0.25, -0.2) is 0 Å². The summed E-state index contributed by atoms with van der Waals surface area (Å²) >= 11 is 0. The van der Waals surface area contributed by atoms with Gasteiger partial charge in [-0.15, -0.1) is 0 Å². The van der Waals surface area contributed by atoms with Gasteiger partial charge >= 0.3 is 0 Å². The third kappa shape index (κ3) is 2.31. The van der Waals surface area contributed by atoms with E-state index in [4.69, 9.17) is 10.2 Å². The third-order valence-electron chi connectivity index (χ3n) is 0.634. The fourth-order valence-electron chi connectivity index (χ4n) is 0.114. The van der Waals surface area contributed by atoms with E-state index in [0.29, 0.717) is 6.29 Å². The molecule has 0 aliphatic rings. The Kier molecular flexibility index (Phi) is 2.55. The highest BCUT2D eigenvalue weighted by Crippen LogP contribution is 1.83. The van der Waals surface area contributed by atoms with Gasteiger partial charge in [0.2, 0.25) is 0 Å². The standard InChI is InChI=1S/C4H8O3/c1-3(6)4(7)2-5/h2-4,6-7H,1H3/t3-,4+/m0/s1. The van der Waals surface area contributed by atoms with Crippen molar-refractivity contribution in [2.24, 2.45) is 0 Å². The average Bonchev–Trinajstić information content (AvgIpc) is 1.65. The lowest BCUT2D eigenvalue weighted by atomic mass is 10.3. The molecule has 0 radical (unpaired) electrons. The highest BCUT2D eigenvalue weighted by Gasteiger charge is 2.06. The molecule has 0 bridgehead atoms. The number of carbonyl (C=O) groups is 1. The van der Waals surface area contributed by atoms with Crippen molar-refractivity contribution in [3.8, 4) is 0 Å². The highest BCUT2D eigenvalue weighted by atomic mass is 16.3. The van der Waals surface area contributed by atoms with E-state index in [-0.39, 0.29) is 0 Å². The molecule has 0 heterocycles. The van der Waals surface area contributed by atoms with Crippen LogP contribution in [0.5, 0.6) is 0 Å². The highest BCUT2D eigenvalue weighted by molar-refractivity contribution is 5.56. The van der Waals surface area contributed by atoms with Crippen molar-refractivity contribution in [3.05, 3.63) is 0 Å². The van der Waals surface area contributed by atoms with Crippen molar-refractivity contribution in [2.75, 3.05) is 0 Å². The molecule has 0 unspecified atom stereocenters. The second kappa shape index (κ2) is 2.71. The Morgan fingerprint density at radius 1 is 1.57 bits per heavy atom. The molecule has 0 aromatic heterocycles. The maximum absolute atomic E-state index is 9.54. The number of hydrogen-bond acceptors (Lipinski definition) is 3. The van der Waals surface area contributed by atoms with Gasteiger partial charge < -0.3 is 15.0 Å². The fourth-order valence-corrected chi connectivity index (χ4v) is 0.114. The number of carbonyl (C=O) groups excluding carboxylic acids is 1. The predicted octanol–water partition coefficient (Wildman–Crippen LogP) is -1.07. The van der Waals surface area contributed by atoms with Crippen LogP contribution in [-0.4, -0.2) is 28.7 Å². The van der Waals surface area contributed by atoms with Crippen molar-refractivity contribution in [1.82, 2.24) is 0 Å². The molecule has 0 rings (SSSR count). The van der Waals surface area contributed by atoms with Gasteiger partial charge in [0.1, 0.15) is 6.10 Å². The molecule has 0 aliphatic carbocycles. The van der Waals surface area contributed by atoms with Crippen LogP contribution >= 0.6 is 0 Å². The summed E-state index contributed by atoms with van der Waals surface area (Å²) in [6.45, 7) is 1.35. The zero-order valence-corrected chi connectivity index (χ0v) is 4.03. The zero-order chi connectivity index (χ0) is 5.86. The van der Waals surface area contributed by atoms with Gasteiger partial charge in [0.05, 0.1) is 6.10 Å². The first-order valence-electron chi connectivity index (χ1n) is 2.00. The molecule has 3 heteroatoms. The first-order valence-corrected chi connectivity index (χ1v) is 2.00. The van der Waals surface area contributed by atoms with Gasteiger partial charge in [-0.2, -0.15) is 0 Å². The van der Waals surface area contributed by atoms with Crippen LogP contribution in [0.2, 0.25) is 0 Å². The van der Waals surface area contributed by atoms with Crippen LogP contribution in [0, 0.1) is 0 Å². The van der Waals surface area contributed by atoms with E-state index in [1.54, 1.807) is 0 Å². The first kappa shape index (κ1) is 6.59. The third-order valence-corrected chi connectivity index (χ3v) is 0.634. The van der Waals surface area contributed by atoms with Gasteiger partial charge in [-0.3, -0.25) is 0 Å². The van der Waals surface area contributed by atoms with E-state index < -0.39 is 12.2 Å². The molecule has 7 heavy (non-hydrogen) atoms. The molecule has 2 N–H and O–H groups in total. The van der Waals surface area contributed by atoms with Crippen LogP contribution in [0.3, 0.4) is 0 Å². The summed E-state index contributed by atoms with van der Waals surface area (Å²) in [5.74, 6) is 0. The van der Waals surface area contributed by atoms with E-state index in [1.165, 1.54) is 6.92 Å². The summed E-state index contributed by atoms with van der Waals surface area (Å²) in [6.07, 6.45) is -1.87. The number of aliphatic hydroxyl groups excluding tert-OH is 2. The van der Waals surface area contributed by atoms with E-state index in [9.17, 15) is 4.79 Å². The smallest absolute Gasteiger partial charge is 0.151 e. The number of aliphatic hydroxyl groups is 2. The SMILES string of the molecule is C[C@H](O)[C@H](O)C=O. The normalized spacial score (nSPS) is 18.1. The monoisotopic (exact) mass is 104 g/mol. The maximum atomic E-state index is 9.54. The largest absolute Gasteiger partial charge is 0.390 e. The second-order valence-electron chi connectivity index (χ2n) is 1.37. The minimum Gasteiger partial charge on any atom is -0.390 e. The molecule has 0 amide bonds. The number of hydrogen-bond donors (Lipinski definition) is 2. The summed E-state index contributed by atoms with van der Waals surface area (Å²) in [7, 11) is 0. The van der Waals surface area contributed by atoms with Crippen molar-refractivity contribution in [3.63, 3.8) is 0 Å². The van der Waals surface area contributed by atoms with Crippen LogP contribution in [0.25, 0.3) is 0 Å². The van der Waals surface area contributed by atoms with Gasteiger partial charge in [0.25, 0.3) is 0 Å².